The fraction of sp³-hybridized carbons (Fsp3) is 0.217. The first-order chi connectivity index (χ1) is 15.9. The van der Waals surface area contributed by atoms with Crippen LogP contribution in [0.5, 0.6) is 5.75 Å². The van der Waals surface area contributed by atoms with Gasteiger partial charge in [-0.2, -0.15) is 0 Å². The molecule has 0 saturated heterocycles. The van der Waals surface area contributed by atoms with Gasteiger partial charge in [0, 0.05) is 25.0 Å². The number of carbonyl (C=O) groups is 1. The van der Waals surface area contributed by atoms with Gasteiger partial charge in [-0.15, -0.1) is 0 Å². The zero-order chi connectivity index (χ0) is 25.0. The van der Waals surface area contributed by atoms with Gasteiger partial charge in [-0.05, 0) is 54.3 Å². The topological polar surface area (TPSA) is 120 Å². The number of carbonyl (C=O) groups excluding carboxylic acids is 1. The fourth-order valence-electron chi connectivity index (χ4n) is 3.33. The lowest BCUT2D eigenvalue weighted by Gasteiger charge is -2.18. The molecule has 11 heteroatoms. The van der Waals surface area contributed by atoms with E-state index >= 15 is 0 Å². The van der Waals surface area contributed by atoms with Crippen LogP contribution in [0.15, 0.2) is 53.3 Å². The molecule has 8 nitrogen and oxygen atoms in total. The number of halogens is 2. The summed E-state index contributed by atoms with van der Waals surface area (Å²) < 4.78 is 25.1. The number of hydrogen-bond acceptors (Lipinski definition) is 5. The van der Waals surface area contributed by atoms with Crippen molar-refractivity contribution in [2.45, 2.75) is 12.8 Å². The minimum absolute atomic E-state index is 0.130. The van der Waals surface area contributed by atoms with E-state index in [-0.39, 0.29) is 5.56 Å². The second-order valence-corrected chi connectivity index (χ2v) is 10.4. The third kappa shape index (κ3) is 6.53. The monoisotopic (exact) mass is 523 g/mol. The Hall–Kier alpha value is -3.01. The molecular formula is C23H23Cl2N3O5S. The number of rotatable bonds is 8. The van der Waals surface area contributed by atoms with Gasteiger partial charge in [0.05, 0.1) is 21.9 Å². The quantitative estimate of drug-likeness (QED) is 0.410. The molecule has 1 aromatic heterocycles. The lowest BCUT2D eigenvalue weighted by Crippen LogP contribution is -2.29. The first kappa shape index (κ1) is 25.6. The van der Waals surface area contributed by atoms with Crippen LogP contribution in [-0.2, 0) is 16.4 Å². The van der Waals surface area contributed by atoms with Gasteiger partial charge >= 0.3 is 0 Å². The van der Waals surface area contributed by atoms with Crippen LogP contribution in [0.1, 0.15) is 22.3 Å². The Morgan fingerprint density at radius 3 is 2.38 bits per heavy atom. The van der Waals surface area contributed by atoms with Gasteiger partial charge in [0.1, 0.15) is 0 Å². The molecule has 1 heterocycles. The van der Waals surface area contributed by atoms with Crippen LogP contribution in [0.4, 0.5) is 5.69 Å². The van der Waals surface area contributed by atoms with Crippen LogP contribution in [-0.4, -0.2) is 49.2 Å². The highest BCUT2D eigenvalue weighted by Crippen LogP contribution is 2.25. The second-order valence-electron chi connectivity index (χ2n) is 7.80. The summed E-state index contributed by atoms with van der Waals surface area (Å²) in [5.41, 5.74) is 1.24. The van der Waals surface area contributed by atoms with Crippen molar-refractivity contribution in [3.63, 3.8) is 0 Å². The molecule has 0 fully saturated rings. The number of aromatic amines is 1. The molecule has 3 N–H and O–H groups in total. The predicted molar refractivity (Wildman–Crippen MR) is 134 cm³/mol. The molecule has 0 saturated carbocycles. The summed E-state index contributed by atoms with van der Waals surface area (Å²) in [6, 6.07) is 13.0. The summed E-state index contributed by atoms with van der Waals surface area (Å²) >= 11 is 12.0. The molecule has 0 aliphatic rings. The highest BCUT2D eigenvalue weighted by molar-refractivity contribution is 7.92. The Morgan fingerprint density at radius 1 is 1.09 bits per heavy atom. The maximum Gasteiger partial charge on any atom is 0.291 e. The Bertz CT molecular complexity index is 1370. The first-order valence-electron chi connectivity index (χ1n) is 10.2. The van der Waals surface area contributed by atoms with Gasteiger partial charge in [-0.25, -0.2) is 8.42 Å². The van der Waals surface area contributed by atoms with Crippen LogP contribution in [0.3, 0.4) is 0 Å². The zero-order valence-corrected chi connectivity index (χ0v) is 20.8. The maximum atomic E-state index is 13.0. The van der Waals surface area contributed by atoms with Crippen molar-refractivity contribution < 1.29 is 18.3 Å². The molecule has 0 unspecified atom stereocenters. The third-order valence-corrected chi connectivity index (χ3v) is 6.37. The molecule has 0 aliphatic carbocycles. The van der Waals surface area contributed by atoms with Gasteiger partial charge in [-0.3, -0.25) is 14.3 Å². The van der Waals surface area contributed by atoms with Crippen LogP contribution in [0.2, 0.25) is 10.0 Å². The standard InChI is InChI=1S/C23H23Cl2N3O5S/c1-28(11-3-4-14-5-10-18(24)19(25)12-14)23(31)17-13-20(26-22(30)21(17)29)15-6-8-16(9-7-15)27-34(2,32)33/h5-10,12-13,27,29H,3-4,11H2,1-2H3,(H,26,30). The molecule has 34 heavy (non-hydrogen) atoms. The summed E-state index contributed by atoms with van der Waals surface area (Å²) in [4.78, 5) is 29.2. The van der Waals surface area contributed by atoms with Crippen molar-refractivity contribution in [1.82, 2.24) is 9.88 Å². The highest BCUT2D eigenvalue weighted by atomic mass is 35.5. The van der Waals surface area contributed by atoms with Crippen molar-refractivity contribution in [2.24, 2.45) is 0 Å². The minimum atomic E-state index is -3.43. The van der Waals surface area contributed by atoms with Gasteiger partial charge in [-0.1, -0.05) is 41.4 Å². The number of benzene rings is 2. The molecular weight excluding hydrogens is 501 g/mol. The average Bonchev–Trinajstić information content (AvgIpc) is 2.77. The largest absolute Gasteiger partial charge is 0.502 e. The van der Waals surface area contributed by atoms with Crippen molar-refractivity contribution in [3.05, 3.63) is 80.1 Å². The predicted octanol–water partition coefficient (Wildman–Crippen LogP) is 4.13. The van der Waals surface area contributed by atoms with E-state index in [1.165, 1.54) is 23.1 Å². The summed E-state index contributed by atoms with van der Waals surface area (Å²) in [6.07, 6.45) is 2.33. The first-order valence-corrected chi connectivity index (χ1v) is 12.8. The smallest absolute Gasteiger partial charge is 0.291 e. The molecule has 0 spiro atoms. The van der Waals surface area contributed by atoms with Gasteiger partial charge in [0.2, 0.25) is 10.0 Å². The molecule has 0 bridgehead atoms. The van der Waals surface area contributed by atoms with E-state index in [1.807, 2.05) is 6.07 Å². The average molecular weight is 524 g/mol. The normalized spacial score (nSPS) is 11.3. The number of amides is 1. The number of nitrogens with zero attached hydrogens (tertiary/aromatic N) is 1. The molecule has 0 radical (unpaired) electrons. The molecule has 3 aromatic rings. The van der Waals surface area contributed by atoms with E-state index in [0.29, 0.717) is 46.4 Å². The molecule has 3 rings (SSSR count). The molecule has 1 amide bonds. The Labute approximate surface area is 207 Å². The maximum absolute atomic E-state index is 13.0. The molecule has 0 atom stereocenters. The number of aromatic nitrogens is 1. The molecule has 180 valence electrons. The third-order valence-electron chi connectivity index (χ3n) is 5.03. The van der Waals surface area contributed by atoms with Crippen LogP contribution < -0.4 is 10.3 Å². The van der Waals surface area contributed by atoms with Crippen LogP contribution in [0.25, 0.3) is 11.3 Å². The minimum Gasteiger partial charge on any atom is -0.502 e. The summed E-state index contributed by atoms with van der Waals surface area (Å²) in [5.74, 6) is -1.17. The Kier molecular flexibility index (Phi) is 7.91. The van der Waals surface area contributed by atoms with Crippen molar-refractivity contribution in [3.8, 4) is 17.0 Å². The Balaban J connectivity index is 1.74. The van der Waals surface area contributed by atoms with Crippen LogP contribution in [0, 0.1) is 0 Å². The van der Waals surface area contributed by atoms with Gasteiger partial charge in [0.25, 0.3) is 11.5 Å². The van der Waals surface area contributed by atoms with Crippen LogP contribution >= 0.6 is 23.2 Å². The van der Waals surface area contributed by atoms with Crippen molar-refractivity contribution in [1.29, 1.82) is 0 Å². The zero-order valence-electron chi connectivity index (χ0n) is 18.4. The Morgan fingerprint density at radius 2 is 1.76 bits per heavy atom. The van der Waals surface area contributed by atoms with E-state index in [9.17, 15) is 23.1 Å². The number of anilines is 1. The summed E-state index contributed by atoms with van der Waals surface area (Å²) in [7, 11) is -1.84. The lowest BCUT2D eigenvalue weighted by molar-refractivity contribution is 0.0790. The lowest BCUT2D eigenvalue weighted by atomic mass is 10.1. The fourth-order valence-corrected chi connectivity index (χ4v) is 4.21. The number of H-pyrrole nitrogens is 1. The number of aryl methyl sites for hydroxylation is 1. The highest BCUT2D eigenvalue weighted by Gasteiger charge is 2.20. The number of sulfonamides is 1. The second kappa shape index (κ2) is 10.5. The van der Waals surface area contributed by atoms with E-state index in [0.717, 1.165) is 11.8 Å². The van der Waals surface area contributed by atoms with Crippen molar-refractivity contribution in [2.75, 3.05) is 24.6 Å². The summed E-state index contributed by atoms with van der Waals surface area (Å²) in [6.45, 7) is 0.381. The number of pyridine rings is 1. The van der Waals surface area contributed by atoms with E-state index in [2.05, 4.69) is 9.71 Å². The molecule has 2 aromatic carbocycles. The molecule has 0 aliphatic heterocycles. The SMILES string of the molecule is CN(CCCc1ccc(Cl)c(Cl)c1)C(=O)c1cc(-c2ccc(NS(C)(=O)=O)cc2)[nH]c(=O)c1O. The number of nitrogens with one attached hydrogen (secondary N) is 2. The van der Waals surface area contributed by atoms with E-state index in [1.54, 1.807) is 31.3 Å². The van der Waals surface area contributed by atoms with Crippen molar-refractivity contribution >= 4 is 44.8 Å². The van der Waals surface area contributed by atoms with E-state index < -0.39 is 27.2 Å². The number of aromatic hydroxyl groups is 1. The van der Waals surface area contributed by atoms with Gasteiger partial charge in [0.15, 0.2) is 5.75 Å². The van der Waals surface area contributed by atoms with Gasteiger partial charge < -0.3 is 15.0 Å². The number of hydrogen-bond donors (Lipinski definition) is 3. The van der Waals surface area contributed by atoms with E-state index in [4.69, 9.17) is 23.2 Å². The summed E-state index contributed by atoms with van der Waals surface area (Å²) in [5, 5.41) is 11.2.